The molecule has 0 saturated carbocycles. The van der Waals surface area contributed by atoms with Crippen LogP contribution < -0.4 is 0 Å². The van der Waals surface area contributed by atoms with Gasteiger partial charge in [0.15, 0.2) is 5.69 Å². The molecule has 5 nitrogen and oxygen atoms in total. The molecule has 1 aromatic rings. The highest BCUT2D eigenvalue weighted by Crippen LogP contribution is 2.22. The number of carboxylic acid groups (broad SMARTS) is 1. The highest BCUT2D eigenvalue weighted by Gasteiger charge is 2.25. The van der Waals surface area contributed by atoms with E-state index in [1.165, 1.54) is 0 Å². The predicted molar refractivity (Wildman–Crippen MR) is 52.9 cm³/mol. The quantitative estimate of drug-likeness (QED) is 0.797. The highest BCUT2D eigenvalue weighted by atomic mass is 16.5. The number of aromatic carboxylic acids is 1. The number of aromatic nitrogens is 2. The van der Waals surface area contributed by atoms with Crippen LogP contribution in [0.3, 0.4) is 0 Å². The third kappa shape index (κ3) is 1.63. The Hall–Kier alpha value is -1.36. The van der Waals surface area contributed by atoms with E-state index in [0.717, 1.165) is 5.82 Å². The molecule has 0 bridgehead atoms. The van der Waals surface area contributed by atoms with Crippen molar-refractivity contribution in [1.82, 2.24) is 9.55 Å². The lowest BCUT2D eigenvalue weighted by molar-refractivity contribution is 0.0656. The number of fused-ring (bicyclic) bond motifs is 1. The van der Waals surface area contributed by atoms with Crippen LogP contribution in [0.15, 0.2) is 0 Å². The van der Waals surface area contributed by atoms with E-state index in [1.807, 2.05) is 18.4 Å². The summed E-state index contributed by atoms with van der Waals surface area (Å²) in [7, 11) is 0. The molecule has 1 aliphatic heterocycles. The second kappa shape index (κ2) is 3.66. The number of carbonyl (C=O) groups is 1. The number of hydrogen-bond acceptors (Lipinski definition) is 3. The first-order chi connectivity index (χ1) is 7.11. The van der Waals surface area contributed by atoms with Crippen molar-refractivity contribution in [2.75, 3.05) is 6.61 Å². The largest absolute Gasteiger partial charge is 0.476 e. The standard InChI is InChI=1S/C10H14N2O3/c1-6(2)9-11-8(10(13)14)7-5-15-4-3-12(7)9/h6H,3-5H2,1-2H3,(H,13,14). The summed E-state index contributed by atoms with van der Waals surface area (Å²) in [5.41, 5.74) is 0.829. The first-order valence-corrected chi connectivity index (χ1v) is 5.01. The van der Waals surface area contributed by atoms with E-state index in [4.69, 9.17) is 9.84 Å². The zero-order chi connectivity index (χ0) is 11.0. The Balaban J connectivity index is 2.54. The minimum absolute atomic E-state index is 0.137. The Bertz CT molecular complexity index is 396. The van der Waals surface area contributed by atoms with Crippen LogP contribution in [0.25, 0.3) is 0 Å². The first-order valence-electron chi connectivity index (χ1n) is 5.01. The fraction of sp³-hybridized carbons (Fsp3) is 0.600. The number of hydrogen-bond donors (Lipinski definition) is 1. The van der Waals surface area contributed by atoms with Gasteiger partial charge in [-0.25, -0.2) is 9.78 Å². The smallest absolute Gasteiger partial charge is 0.356 e. The molecule has 15 heavy (non-hydrogen) atoms. The summed E-state index contributed by atoms with van der Waals surface area (Å²) in [6, 6.07) is 0. The third-order valence-electron chi connectivity index (χ3n) is 2.52. The van der Waals surface area contributed by atoms with Crippen LogP contribution in [0.5, 0.6) is 0 Å². The molecule has 0 saturated heterocycles. The summed E-state index contributed by atoms with van der Waals surface area (Å²) in [5, 5.41) is 9.00. The van der Waals surface area contributed by atoms with Gasteiger partial charge in [0.05, 0.1) is 18.9 Å². The van der Waals surface area contributed by atoms with Gasteiger partial charge in [0.1, 0.15) is 5.82 Å². The molecule has 1 aliphatic rings. The van der Waals surface area contributed by atoms with Crippen molar-refractivity contribution in [3.05, 3.63) is 17.2 Å². The van der Waals surface area contributed by atoms with Crippen molar-refractivity contribution in [2.45, 2.75) is 32.9 Å². The highest BCUT2D eigenvalue weighted by molar-refractivity contribution is 5.86. The van der Waals surface area contributed by atoms with Crippen LogP contribution >= 0.6 is 0 Å². The van der Waals surface area contributed by atoms with Crippen molar-refractivity contribution in [3.8, 4) is 0 Å². The molecule has 1 N–H and O–H groups in total. The summed E-state index contributed by atoms with van der Waals surface area (Å²) >= 11 is 0. The molecular weight excluding hydrogens is 196 g/mol. The number of rotatable bonds is 2. The van der Waals surface area contributed by atoms with E-state index < -0.39 is 5.97 Å². The second-order valence-corrected chi connectivity index (χ2v) is 3.93. The van der Waals surface area contributed by atoms with Gasteiger partial charge in [-0.1, -0.05) is 13.8 Å². The lowest BCUT2D eigenvalue weighted by atomic mass is 10.2. The summed E-state index contributed by atoms with van der Waals surface area (Å²) < 4.78 is 7.23. The maximum absolute atomic E-state index is 11.0. The predicted octanol–water partition coefficient (Wildman–Crippen LogP) is 1.23. The number of imidazole rings is 1. The average molecular weight is 210 g/mol. The van der Waals surface area contributed by atoms with Crippen LogP contribution in [-0.4, -0.2) is 27.2 Å². The van der Waals surface area contributed by atoms with Gasteiger partial charge in [-0.3, -0.25) is 0 Å². The first kappa shape index (κ1) is 10.2. The van der Waals surface area contributed by atoms with Gasteiger partial charge in [0, 0.05) is 12.5 Å². The molecule has 1 aromatic heterocycles. The molecule has 2 heterocycles. The van der Waals surface area contributed by atoms with Gasteiger partial charge in [-0.05, 0) is 0 Å². The Morgan fingerprint density at radius 2 is 2.33 bits per heavy atom. The van der Waals surface area contributed by atoms with Crippen LogP contribution in [0.2, 0.25) is 0 Å². The van der Waals surface area contributed by atoms with E-state index in [-0.39, 0.29) is 11.6 Å². The molecule has 0 fully saturated rings. The summed E-state index contributed by atoms with van der Waals surface area (Å²) in [6.07, 6.45) is 0. The molecule has 0 radical (unpaired) electrons. The van der Waals surface area contributed by atoms with Crippen molar-refractivity contribution < 1.29 is 14.6 Å². The van der Waals surface area contributed by atoms with Crippen LogP contribution in [-0.2, 0) is 17.9 Å². The van der Waals surface area contributed by atoms with Crippen LogP contribution in [0.4, 0.5) is 0 Å². The molecule has 0 spiro atoms. The number of carboxylic acids is 1. The molecular formula is C10H14N2O3. The van der Waals surface area contributed by atoms with Crippen LogP contribution in [0, 0.1) is 0 Å². The van der Waals surface area contributed by atoms with Crippen LogP contribution in [0.1, 0.15) is 41.8 Å². The zero-order valence-electron chi connectivity index (χ0n) is 8.86. The van der Waals surface area contributed by atoms with Gasteiger partial charge in [0.2, 0.25) is 0 Å². The van der Waals surface area contributed by atoms with Gasteiger partial charge in [-0.2, -0.15) is 0 Å². The molecule has 82 valence electrons. The van der Waals surface area contributed by atoms with Crippen molar-refractivity contribution >= 4 is 5.97 Å². The van der Waals surface area contributed by atoms with Gasteiger partial charge in [-0.15, -0.1) is 0 Å². The number of nitrogens with zero attached hydrogens (tertiary/aromatic N) is 2. The monoisotopic (exact) mass is 210 g/mol. The fourth-order valence-electron chi connectivity index (χ4n) is 1.84. The molecule has 0 atom stereocenters. The van der Waals surface area contributed by atoms with E-state index in [1.54, 1.807) is 0 Å². The van der Waals surface area contributed by atoms with Gasteiger partial charge in [0.25, 0.3) is 0 Å². The maximum atomic E-state index is 11.0. The number of ether oxygens (including phenoxy) is 1. The SMILES string of the molecule is CC(C)c1nc(C(=O)O)c2n1CCOC2. The van der Waals surface area contributed by atoms with Crippen molar-refractivity contribution in [2.24, 2.45) is 0 Å². The Morgan fingerprint density at radius 3 is 2.93 bits per heavy atom. The summed E-state index contributed by atoms with van der Waals surface area (Å²) in [5.74, 6) is 0.0943. The molecule has 5 heteroatoms. The van der Waals surface area contributed by atoms with Crippen molar-refractivity contribution in [1.29, 1.82) is 0 Å². The molecule has 0 unspecified atom stereocenters. The van der Waals surface area contributed by atoms with E-state index in [9.17, 15) is 4.79 Å². The minimum Gasteiger partial charge on any atom is -0.476 e. The molecule has 0 aliphatic carbocycles. The third-order valence-corrected chi connectivity index (χ3v) is 2.52. The fourth-order valence-corrected chi connectivity index (χ4v) is 1.84. The minimum atomic E-state index is -0.976. The lowest BCUT2D eigenvalue weighted by Crippen LogP contribution is -2.20. The molecule has 0 amide bonds. The normalized spacial score (nSPS) is 15.4. The maximum Gasteiger partial charge on any atom is 0.356 e. The van der Waals surface area contributed by atoms with Crippen molar-refractivity contribution in [3.63, 3.8) is 0 Å². The van der Waals surface area contributed by atoms with Gasteiger partial charge < -0.3 is 14.4 Å². The average Bonchev–Trinajstić information content (AvgIpc) is 2.56. The lowest BCUT2D eigenvalue weighted by Gasteiger charge is -2.18. The second-order valence-electron chi connectivity index (χ2n) is 3.93. The Morgan fingerprint density at radius 1 is 1.60 bits per heavy atom. The topological polar surface area (TPSA) is 64.3 Å². The summed E-state index contributed by atoms with van der Waals surface area (Å²) in [4.78, 5) is 15.2. The van der Waals surface area contributed by atoms with E-state index in [0.29, 0.717) is 25.5 Å². The van der Waals surface area contributed by atoms with E-state index in [2.05, 4.69) is 4.98 Å². The summed E-state index contributed by atoms with van der Waals surface area (Å²) in [6.45, 7) is 5.69. The zero-order valence-corrected chi connectivity index (χ0v) is 8.86. The molecule has 2 rings (SSSR count). The Labute approximate surface area is 87.7 Å². The van der Waals surface area contributed by atoms with Gasteiger partial charge >= 0.3 is 5.97 Å². The van der Waals surface area contributed by atoms with E-state index >= 15 is 0 Å². The Kier molecular flexibility index (Phi) is 2.48. The molecule has 0 aromatic carbocycles.